The van der Waals surface area contributed by atoms with Gasteiger partial charge in [-0.05, 0) is 60.3 Å². The molecule has 5 aromatic rings. The number of hydrogen-bond acceptors (Lipinski definition) is 2. The number of aromatic amines is 1. The molecule has 2 aromatic heterocycles. The smallest absolute Gasteiger partial charge is 0.287 e. The van der Waals surface area contributed by atoms with Crippen LogP contribution < -0.4 is 14.6 Å². The lowest BCUT2D eigenvalue weighted by atomic mass is 10.0. The summed E-state index contributed by atoms with van der Waals surface area (Å²) in [6.07, 6.45) is 2.11. The standard InChI is InChI=1S/C24H21N3O/c1-15-18-11-12-27(2)24(25-16-7-5-4-6-8-16)21(18)14-20-19-13-17(28-3)9-10-22(19)26-23(15)20/h4-14H,1-3H3,(H,25,26)/p+1. The fourth-order valence-electron chi connectivity index (χ4n) is 4.00. The van der Waals surface area contributed by atoms with Gasteiger partial charge in [-0.25, -0.2) is 9.88 Å². The number of aromatic nitrogens is 2. The maximum atomic E-state index is 5.45. The molecule has 0 saturated heterocycles. The number of H-pyrrole nitrogens is 1. The highest BCUT2D eigenvalue weighted by atomic mass is 16.5. The summed E-state index contributed by atoms with van der Waals surface area (Å²) in [5.74, 6) is 1.94. The first-order chi connectivity index (χ1) is 13.7. The number of rotatable bonds is 3. The van der Waals surface area contributed by atoms with Crippen molar-refractivity contribution >= 4 is 44.1 Å². The van der Waals surface area contributed by atoms with E-state index in [0.29, 0.717) is 0 Å². The Bertz CT molecular complexity index is 1340. The molecule has 0 radical (unpaired) electrons. The molecule has 0 fully saturated rings. The van der Waals surface area contributed by atoms with Crippen LogP contribution in [0.2, 0.25) is 0 Å². The Hall–Kier alpha value is -3.53. The Morgan fingerprint density at radius 1 is 0.893 bits per heavy atom. The Morgan fingerprint density at radius 2 is 1.71 bits per heavy atom. The van der Waals surface area contributed by atoms with Crippen LogP contribution in [0.3, 0.4) is 0 Å². The molecule has 4 nitrogen and oxygen atoms in total. The second-order valence-corrected chi connectivity index (χ2v) is 7.19. The highest BCUT2D eigenvalue weighted by molar-refractivity contribution is 6.15. The molecular weight excluding hydrogens is 346 g/mol. The minimum atomic E-state index is 0.868. The molecule has 0 unspecified atom stereocenters. The van der Waals surface area contributed by atoms with Crippen molar-refractivity contribution in [3.63, 3.8) is 0 Å². The minimum Gasteiger partial charge on any atom is -0.497 e. The van der Waals surface area contributed by atoms with Crippen molar-refractivity contribution in [1.29, 1.82) is 0 Å². The summed E-state index contributed by atoms with van der Waals surface area (Å²) >= 11 is 0. The summed E-state index contributed by atoms with van der Waals surface area (Å²) in [6.45, 7) is 2.18. The predicted molar refractivity (Wildman–Crippen MR) is 116 cm³/mol. The topological polar surface area (TPSA) is 40.9 Å². The Kier molecular flexibility index (Phi) is 3.72. The van der Waals surface area contributed by atoms with Gasteiger partial charge in [-0.3, -0.25) is 0 Å². The zero-order valence-electron chi connectivity index (χ0n) is 16.2. The molecule has 2 N–H and O–H groups in total. The third-order valence-electron chi connectivity index (χ3n) is 5.51. The van der Waals surface area contributed by atoms with Crippen LogP contribution >= 0.6 is 0 Å². The molecule has 3 aromatic carbocycles. The Morgan fingerprint density at radius 3 is 2.50 bits per heavy atom. The molecule has 0 amide bonds. The number of fused-ring (bicyclic) bond motifs is 4. The Labute approximate surface area is 163 Å². The van der Waals surface area contributed by atoms with Crippen molar-refractivity contribution in [3.05, 3.63) is 72.4 Å². The maximum Gasteiger partial charge on any atom is 0.287 e. The van der Waals surface area contributed by atoms with E-state index in [2.05, 4.69) is 71.4 Å². The number of aryl methyl sites for hydroxylation is 2. The lowest BCUT2D eigenvalue weighted by Crippen LogP contribution is -2.31. The van der Waals surface area contributed by atoms with Gasteiger partial charge in [0.1, 0.15) is 11.4 Å². The molecule has 4 heteroatoms. The van der Waals surface area contributed by atoms with E-state index in [1.165, 1.54) is 32.6 Å². The van der Waals surface area contributed by atoms with Gasteiger partial charge in [0.05, 0.1) is 31.3 Å². The van der Waals surface area contributed by atoms with Crippen molar-refractivity contribution in [3.8, 4) is 5.75 Å². The molecular formula is C24H22N3O+. The van der Waals surface area contributed by atoms with Crippen LogP contribution in [0.25, 0.3) is 32.6 Å². The van der Waals surface area contributed by atoms with Crippen molar-refractivity contribution in [2.24, 2.45) is 7.05 Å². The van der Waals surface area contributed by atoms with Gasteiger partial charge in [-0.1, -0.05) is 18.2 Å². The van der Waals surface area contributed by atoms with E-state index in [9.17, 15) is 0 Å². The van der Waals surface area contributed by atoms with Gasteiger partial charge in [0.25, 0.3) is 5.82 Å². The minimum absolute atomic E-state index is 0.868. The third-order valence-corrected chi connectivity index (χ3v) is 5.51. The molecule has 0 spiro atoms. The monoisotopic (exact) mass is 368 g/mol. The first kappa shape index (κ1) is 16.6. The number of ether oxygens (including phenoxy) is 1. The molecule has 5 rings (SSSR count). The van der Waals surface area contributed by atoms with E-state index in [1.807, 2.05) is 24.3 Å². The number of methoxy groups -OCH3 is 1. The normalized spacial score (nSPS) is 11.4. The molecule has 138 valence electrons. The van der Waals surface area contributed by atoms with Gasteiger partial charge in [0.15, 0.2) is 0 Å². The average Bonchev–Trinajstić information content (AvgIpc) is 3.09. The first-order valence-electron chi connectivity index (χ1n) is 9.39. The van der Waals surface area contributed by atoms with Gasteiger partial charge in [-0.2, -0.15) is 0 Å². The summed E-state index contributed by atoms with van der Waals surface area (Å²) in [7, 11) is 3.78. The van der Waals surface area contributed by atoms with Crippen molar-refractivity contribution in [2.45, 2.75) is 6.92 Å². The number of benzene rings is 3. The summed E-state index contributed by atoms with van der Waals surface area (Å²) in [5.41, 5.74) is 4.62. The highest BCUT2D eigenvalue weighted by Gasteiger charge is 2.18. The van der Waals surface area contributed by atoms with Gasteiger partial charge in [0, 0.05) is 16.3 Å². The van der Waals surface area contributed by atoms with Crippen LogP contribution in [0.4, 0.5) is 11.5 Å². The van der Waals surface area contributed by atoms with Crippen LogP contribution in [-0.2, 0) is 7.05 Å². The largest absolute Gasteiger partial charge is 0.497 e. The third kappa shape index (κ3) is 2.49. The molecule has 2 heterocycles. The van der Waals surface area contributed by atoms with Gasteiger partial charge < -0.3 is 9.72 Å². The van der Waals surface area contributed by atoms with E-state index < -0.39 is 0 Å². The molecule has 0 aliphatic heterocycles. The van der Waals surface area contributed by atoms with Crippen molar-refractivity contribution in [2.75, 3.05) is 12.4 Å². The molecule has 0 bridgehead atoms. The van der Waals surface area contributed by atoms with Crippen LogP contribution in [0, 0.1) is 6.92 Å². The summed E-state index contributed by atoms with van der Waals surface area (Å²) < 4.78 is 7.58. The van der Waals surface area contributed by atoms with E-state index >= 15 is 0 Å². The number of para-hydroxylation sites is 1. The lowest BCUT2D eigenvalue weighted by molar-refractivity contribution is -0.655. The molecule has 0 saturated carbocycles. The highest BCUT2D eigenvalue weighted by Crippen LogP contribution is 2.36. The number of hydrogen-bond donors (Lipinski definition) is 2. The van der Waals surface area contributed by atoms with Crippen LogP contribution in [0.5, 0.6) is 5.75 Å². The first-order valence-corrected chi connectivity index (χ1v) is 9.39. The number of anilines is 2. The van der Waals surface area contributed by atoms with Gasteiger partial charge in [-0.15, -0.1) is 0 Å². The summed E-state index contributed by atoms with van der Waals surface area (Å²) in [6, 6.07) is 20.9. The molecule has 0 aliphatic carbocycles. The fourth-order valence-corrected chi connectivity index (χ4v) is 4.00. The fraction of sp³-hybridized carbons (Fsp3) is 0.125. The zero-order valence-corrected chi connectivity index (χ0v) is 16.2. The van der Waals surface area contributed by atoms with E-state index in [-0.39, 0.29) is 0 Å². The second-order valence-electron chi connectivity index (χ2n) is 7.19. The Balaban J connectivity index is 1.84. The molecule has 28 heavy (non-hydrogen) atoms. The number of pyridine rings is 1. The van der Waals surface area contributed by atoms with E-state index in [1.54, 1.807) is 7.11 Å². The van der Waals surface area contributed by atoms with Crippen molar-refractivity contribution in [1.82, 2.24) is 4.98 Å². The van der Waals surface area contributed by atoms with Gasteiger partial charge >= 0.3 is 0 Å². The van der Waals surface area contributed by atoms with Crippen LogP contribution in [0.1, 0.15) is 5.56 Å². The summed E-state index contributed by atoms with van der Waals surface area (Å²) in [5, 5.41) is 8.42. The van der Waals surface area contributed by atoms with E-state index in [0.717, 1.165) is 22.8 Å². The molecule has 0 aliphatic rings. The lowest BCUT2D eigenvalue weighted by Gasteiger charge is -2.10. The van der Waals surface area contributed by atoms with Crippen molar-refractivity contribution < 1.29 is 9.30 Å². The average molecular weight is 368 g/mol. The maximum absolute atomic E-state index is 5.45. The zero-order chi connectivity index (χ0) is 19.3. The number of nitrogens with zero attached hydrogens (tertiary/aromatic N) is 1. The quantitative estimate of drug-likeness (QED) is 0.421. The number of nitrogens with one attached hydrogen (secondary N) is 2. The van der Waals surface area contributed by atoms with E-state index in [4.69, 9.17) is 4.74 Å². The second kappa shape index (κ2) is 6.27. The predicted octanol–water partition coefficient (Wildman–Crippen LogP) is 5.36. The van der Waals surface area contributed by atoms with Gasteiger partial charge in [0.2, 0.25) is 0 Å². The van der Waals surface area contributed by atoms with Crippen LogP contribution in [-0.4, -0.2) is 12.1 Å². The summed E-state index contributed by atoms with van der Waals surface area (Å²) in [4.78, 5) is 3.59. The van der Waals surface area contributed by atoms with Crippen LogP contribution in [0.15, 0.2) is 66.9 Å². The SMILES string of the molecule is COc1ccc2[nH]c3c(C)c4cc[n+](C)c(Nc5ccccc5)c4cc3c2c1. The molecule has 0 atom stereocenters.